The number of ether oxygens (including phenoxy) is 2. The number of aromatic nitrogens is 1. The summed E-state index contributed by atoms with van der Waals surface area (Å²) in [5.74, 6) is 1.08. The van der Waals surface area contributed by atoms with E-state index in [1.807, 2.05) is 0 Å². The van der Waals surface area contributed by atoms with Crippen molar-refractivity contribution in [2.24, 2.45) is 0 Å². The number of rotatable bonds is 2. The molecule has 1 atom stereocenters. The van der Waals surface area contributed by atoms with Crippen LogP contribution in [-0.2, 0) is 0 Å². The Morgan fingerprint density at radius 2 is 2.17 bits per heavy atom. The molecule has 0 bridgehead atoms. The third kappa shape index (κ3) is 1.89. The lowest BCUT2D eigenvalue weighted by Crippen LogP contribution is -2.00. The summed E-state index contributed by atoms with van der Waals surface area (Å²) in [6, 6.07) is 6.97. The minimum Gasteiger partial charge on any atom is -0.454 e. The van der Waals surface area contributed by atoms with Crippen molar-refractivity contribution in [2.75, 3.05) is 6.79 Å². The highest BCUT2D eigenvalue weighted by Crippen LogP contribution is 2.41. The average molecular weight is 264 g/mol. The van der Waals surface area contributed by atoms with Gasteiger partial charge in [-0.15, -0.1) is 0 Å². The number of fused-ring (bicyclic) bond motifs is 1. The van der Waals surface area contributed by atoms with Gasteiger partial charge in [-0.05, 0) is 23.8 Å². The van der Waals surface area contributed by atoms with E-state index in [1.165, 1.54) is 0 Å². The number of benzene rings is 1. The molecular weight excluding hydrogens is 254 g/mol. The molecule has 2 heterocycles. The summed E-state index contributed by atoms with van der Waals surface area (Å²) < 4.78 is 10.5. The quantitative estimate of drug-likeness (QED) is 0.905. The van der Waals surface area contributed by atoms with Crippen LogP contribution in [-0.4, -0.2) is 16.9 Å². The van der Waals surface area contributed by atoms with E-state index in [9.17, 15) is 5.11 Å². The van der Waals surface area contributed by atoms with Gasteiger partial charge in [-0.1, -0.05) is 17.7 Å². The molecule has 1 aliphatic rings. The van der Waals surface area contributed by atoms with E-state index in [-0.39, 0.29) is 6.79 Å². The van der Waals surface area contributed by atoms with Crippen molar-refractivity contribution in [3.05, 3.63) is 52.8 Å². The number of aliphatic hydroxyl groups excluding tert-OH is 1. The summed E-state index contributed by atoms with van der Waals surface area (Å²) >= 11 is 6.07. The third-order valence-electron chi connectivity index (χ3n) is 2.77. The van der Waals surface area contributed by atoms with Crippen molar-refractivity contribution < 1.29 is 14.6 Å². The summed E-state index contributed by atoms with van der Waals surface area (Å²) in [6.07, 6.45) is 2.48. The molecule has 0 radical (unpaired) electrons. The van der Waals surface area contributed by atoms with Crippen LogP contribution in [0.5, 0.6) is 11.5 Å². The van der Waals surface area contributed by atoms with E-state index >= 15 is 0 Å². The number of halogens is 1. The molecule has 5 heteroatoms. The van der Waals surface area contributed by atoms with Gasteiger partial charge in [0.1, 0.15) is 6.10 Å². The normalized spacial score (nSPS) is 14.6. The molecule has 0 amide bonds. The molecule has 92 valence electrons. The molecule has 0 saturated heterocycles. The second-order valence-electron chi connectivity index (χ2n) is 3.93. The summed E-state index contributed by atoms with van der Waals surface area (Å²) in [6.45, 7) is 0.154. The zero-order valence-electron chi connectivity index (χ0n) is 9.34. The maximum Gasteiger partial charge on any atom is 0.231 e. The van der Waals surface area contributed by atoms with Gasteiger partial charge in [0, 0.05) is 18.0 Å². The summed E-state index contributed by atoms with van der Waals surface area (Å²) in [7, 11) is 0. The lowest BCUT2D eigenvalue weighted by atomic mass is 10.0. The molecule has 0 fully saturated rings. The van der Waals surface area contributed by atoms with Gasteiger partial charge in [0.05, 0.1) is 5.02 Å². The van der Waals surface area contributed by atoms with E-state index in [0.717, 1.165) is 0 Å². The summed E-state index contributed by atoms with van der Waals surface area (Å²) in [5, 5.41) is 10.7. The molecule has 0 spiro atoms. The van der Waals surface area contributed by atoms with Crippen LogP contribution in [0.1, 0.15) is 17.2 Å². The van der Waals surface area contributed by atoms with Crippen molar-refractivity contribution in [2.45, 2.75) is 6.10 Å². The molecule has 2 aromatic rings. The highest BCUT2D eigenvalue weighted by Gasteiger charge is 2.21. The van der Waals surface area contributed by atoms with Gasteiger partial charge in [-0.3, -0.25) is 4.98 Å². The Kier molecular flexibility index (Phi) is 2.81. The number of hydrogen-bond donors (Lipinski definition) is 1. The second kappa shape index (κ2) is 4.48. The first-order valence-corrected chi connectivity index (χ1v) is 5.80. The SMILES string of the molecule is OC(c1cccnc1)c1cc(Cl)c2c(c1)OCO2. The van der Waals surface area contributed by atoms with Crippen molar-refractivity contribution in [1.82, 2.24) is 4.98 Å². The molecule has 1 N–H and O–H groups in total. The topological polar surface area (TPSA) is 51.6 Å². The lowest BCUT2D eigenvalue weighted by molar-refractivity contribution is 0.173. The van der Waals surface area contributed by atoms with Gasteiger partial charge in [0.2, 0.25) is 6.79 Å². The fourth-order valence-electron chi connectivity index (χ4n) is 1.88. The number of pyridine rings is 1. The van der Waals surface area contributed by atoms with Crippen LogP contribution in [0.25, 0.3) is 0 Å². The highest BCUT2D eigenvalue weighted by molar-refractivity contribution is 6.32. The first-order chi connectivity index (χ1) is 8.75. The van der Waals surface area contributed by atoms with Gasteiger partial charge in [-0.25, -0.2) is 0 Å². The second-order valence-corrected chi connectivity index (χ2v) is 4.33. The molecule has 1 aliphatic heterocycles. The fourth-order valence-corrected chi connectivity index (χ4v) is 2.15. The monoisotopic (exact) mass is 263 g/mol. The highest BCUT2D eigenvalue weighted by atomic mass is 35.5. The van der Waals surface area contributed by atoms with Gasteiger partial charge < -0.3 is 14.6 Å². The van der Waals surface area contributed by atoms with E-state index in [4.69, 9.17) is 21.1 Å². The van der Waals surface area contributed by atoms with Crippen LogP contribution < -0.4 is 9.47 Å². The fraction of sp³-hybridized carbons (Fsp3) is 0.154. The van der Waals surface area contributed by atoms with E-state index in [2.05, 4.69) is 4.98 Å². The van der Waals surface area contributed by atoms with Gasteiger partial charge >= 0.3 is 0 Å². The first kappa shape index (κ1) is 11.3. The molecular formula is C13H10ClNO3. The van der Waals surface area contributed by atoms with E-state index < -0.39 is 6.10 Å². The van der Waals surface area contributed by atoms with Crippen LogP contribution in [0.3, 0.4) is 0 Å². The lowest BCUT2D eigenvalue weighted by Gasteiger charge is -2.12. The molecule has 1 aromatic heterocycles. The van der Waals surface area contributed by atoms with Crippen molar-refractivity contribution >= 4 is 11.6 Å². The number of aliphatic hydroxyl groups is 1. The molecule has 1 unspecified atom stereocenters. The van der Waals surface area contributed by atoms with E-state index in [0.29, 0.717) is 27.6 Å². The zero-order chi connectivity index (χ0) is 12.5. The molecule has 0 aliphatic carbocycles. The first-order valence-electron chi connectivity index (χ1n) is 5.43. The van der Waals surface area contributed by atoms with Gasteiger partial charge in [-0.2, -0.15) is 0 Å². The van der Waals surface area contributed by atoms with Crippen molar-refractivity contribution in [3.63, 3.8) is 0 Å². The van der Waals surface area contributed by atoms with Crippen LogP contribution in [0.15, 0.2) is 36.7 Å². The standard InChI is InChI=1S/C13H10ClNO3/c14-10-4-9(5-11-13(10)18-7-17-11)12(16)8-2-1-3-15-6-8/h1-6,12,16H,7H2. The minimum absolute atomic E-state index is 0.154. The Labute approximate surface area is 109 Å². The van der Waals surface area contributed by atoms with Crippen molar-refractivity contribution in [1.29, 1.82) is 0 Å². The molecule has 1 aromatic carbocycles. The number of hydrogen-bond acceptors (Lipinski definition) is 4. The largest absolute Gasteiger partial charge is 0.454 e. The van der Waals surface area contributed by atoms with Crippen LogP contribution in [0.4, 0.5) is 0 Å². The molecule has 4 nitrogen and oxygen atoms in total. The summed E-state index contributed by atoms with van der Waals surface area (Å²) in [4.78, 5) is 3.98. The molecule has 0 saturated carbocycles. The molecule has 18 heavy (non-hydrogen) atoms. The van der Waals surface area contributed by atoms with Gasteiger partial charge in [0.15, 0.2) is 11.5 Å². The maximum absolute atomic E-state index is 10.3. The summed E-state index contributed by atoms with van der Waals surface area (Å²) in [5.41, 5.74) is 1.35. The van der Waals surface area contributed by atoms with E-state index in [1.54, 1.807) is 36.7 Å². The third-order valence-corrected chi connectivity index (χ3v) is 3.05. The zero-order valence-corrected chi connectivity index (χ0v) is 10.1. The Morgan fingerprint density at radius 1 is 1.28 bits per heavy atom. The Hall–Kier alpha value is -1.78. The average Bonchev–Trinajstić information content (AvgIpc) is 2.88. The van der Waals surface area contributed by atoms with Crippen LogP contribution in [0, 0.1) is 0 Å². The van der Waals surface area contributed by atoms with Crippen LogP contribution >= 0.6 is 11.6 Å². The Balaban J connectivity index is 2.00. The minimum atomic E-state index is -0.786. The predicted molar refractivity (Wildman–Crippen MR) is 65.9 cm³/mol. The molecule has 3 rings (SSSR count). The van der Waals surface area contributed by atoms with Crippen LogP contribution in [0.2, 0.25) is 5.02 Å². The van der Waals surface area contributed by atoms with Gasteiger partial charge in [0.25, 0.3) is 0 Å². The predicted octanol–water partition coefficient (Wildman–Crippen LogP) is 2.55. The Bertz CT molecular complexity index is 574. The maximum atomic E-state index is 10.3. The Morgan fingerprint density at radius 3 is 2.94 bits per heavy atom. The van der Waals surface area contributed by atoms with Crippen molar-refractivity contribution in [3.8, 4) is 11.5 Å². The number of nitrogens with zero attached hydrogens (tertiary/aromatic N) is 1. The smallest absolute Gasteiger partial charge is 0.231 e.